The van der Waals surface area contributed by atoms with Crippen molar-refractivity contribution in [2.75, 3.05) is 30.5 Å². The Morgan fingerprint density at radius 1 is 1.40 bits per heavy atom. The van der Waals surface area contributed by atoms with Crippen LogP contribution in [0.15, 0.2) is 12.1 Å². The maximum Gasteiger partial charge on any atom is 0.337 e. The predicted octanol–water partition coefficient (Wildman–Crippen LogP) is 3.01. The van der Waals surface area contributed by atoms with E-state index in [0.717, 1.165) is 0 Å². The maximum atomic E-state index is 11.7. The topological polar surface area (TPSA) is 75.6 Å². The summed E-state index contributed by atoms with van der Waals surface area (Å²) >= 11 is 13.0. The molecule has 0 radical (unpaired) electrons. The summed E-state index contributed by atoms with van der Waals surface area (Å²) in [6.45, 7) is 0.542. The standard InChI is InChI=1S/C12H13Cl2NO4S/c1-19-2-3-20-6-10(16)15-11-8(12(17)18)4-7(13)5-9(11)14/h4-5H,2-3,6H2,1H3,(H,15,16)(H,17,18). The van der Waals surface area contributed by atoms with Gasteiger partial charge in [0.15, 0.2) is 0 Å². The lowest BCUT2D eigenvalue weighted by molar-refractivity contribution is -0.113. The molecule has 0 saturated carbocycles. The van der Waals surface area contributed by atoms with Crippen molar-refractivity contribution in [3.63, 3.8) is 0 Å². The number of carboxylic acids is 1. The molecule has 0 aliphatic rings. The molecule has 1 rings (SSSR count). The first-order valence-electron chi connectivity index (χ1n) is 5.54. The van der Waals surface area contributed by atoms with Crippen LogP contribution in [0.3, 0.4) is 0 Å². The van der Waals surface area contributed by atoms with Crippen LogP contribution < -0.4 is 5.32 Å². The fraction of sp³-hybridized carbons (Fsp3) is 0.333. The first kappa shape index (κ1) is 17.1. The molecule has 0 bridgehead atoms. The number of carboxylic acid groups (broad SMARTS) is 1. The molecule has 1 aromatic carbocycles. The zero-order valence-electron chi connectivity index (χ0n) is 10.6. The highest BCUT2D eigenvalue weighted by Crippen LogP contribution is 2.30. The van der Waals surface area contributed by atoms with E-state index < -0.39 is 5.97 Å². The van der Waals surface area contributed by atoms with Gasteiger partial charge < -0.3 is 15.2 Å². The number of amides is 1. The molecule has 110 valence electrons. The van der Waals surface area contributed by atoms with E-state index in [1.807, 2.05) is 0 Å². The van der Waals surface area contributed by atoms with E-state index in [1.54, 1.807) is 7.11 Å². The number of thioether (sulfide) groups is 1. The molecule has 0 heterocycles. The minimum absolute atomic E-state index is 0.0564. The van der Waals surface area contributed by atoms with Crippen molar-refractivity contribution >= 4 is 52.5 Å². The van der Waals surface area contributed by atoms with Crippen molar-refractivity contribution in [3.8, 4) is 0 Å². The Morgan fingerprint density at radius 3 is 2.70 bits per heavy atom. The first-order valence-corrected chi connectivity index (χ1v) is 7.45. The van der Waals surface area contributed by atoms with Crippen molar-refractivity contribution in [2.24, 2.45) is 0 Å². The lowest BCUT2D eigenvalue weighted by atomic mass is 10.1. The second-order valence-corrected chi connectivity index (χ2v) is 5.66. The van der Waals surface area contributed by atoms with Crippen LogP contribution in [0.1, 0.15) is 10.4 Å². The van der Waals surface area contributed by atoms with Crippen LogP contribution in [0.4, 0.5) is 5.69 Å². The Hall–Kier alpha value is -0.950. The Morgan fingerprint density at radius 2 is 2.10 bits per heavy atom. The Balaban J connectivity index is 2.76. The maximum absolute atomic E-state index is 11.7. The number of nitrogens with one attached hydrogen (secondary N) is 1. The van der Waals surface area contributed by atoms with Gasteiger partial charge in [-0.25, -0.2) is 4.79 Å². The number of rotatable bonds is 7. The van der Waals surface area contributed by atoms with Gasteiger partial charge in [-0.3, -0.25) is 4.79 Å². The molecule has 0 unspecified atom stereocenters. The number of carbonyl (C=O) groups is 2. The Labute approximate surface area is 130 Å². The van der Waals surface area contributed by atoms with Crippen molar-refractivity contribution in [1.82, 2.24) is 0 Å². The molecule has 2 N–H and O–H groups in total. The molecule has 0 atom stereocenters. The highest BCUT2D eigenvalue weighted by atomic mass is 35.5. The van der Waals surface area contributed by atoms with Gasteiger partial charge in [0.1, 0.15) is 0 Å². The third-order valence-corrected chi connectivity index (χ3v) is 3.65. The molecule has 20 heavy (non-hydrogen) atoms. The molecule has 0 aromatic heterocycles. The van der Waals surface area contributed by atoms with Crippen LogP contribution in [0.2, 0.25) is 10.0 Å². The molecular formula is C12H13Cl2NO4S. The molecule has 0 spiro atoms. The number of ether oxygens (including phenoxy) is 1. The van der Waals surface area contributed by atoms with E-state index in [4.69, 9.17) is 33.0 Å². The predicted molar refractivity (Wildman–Crippen MR) is 81.3 cm³/mol. The van der Waals surface area contributed by atoms with Crippen molar-refractivity contribution in [2.45, 2.75) is 0 Å². The van der Waals surface area contributed by atoms with Gasteiger partial charge >= 0.3 is 5.97 Å². The van der Waals surface area contributed by atoms with Gasteiger partial charge in [-0.05, 0) is 12.1 Å². The third-order valence-electron chi connectivity index (χ3n) is 2.21. The Kier molecular flexibility index (Phi) is 7.15. The zero-order valence-corrected chi connectivity index (χ0v) is 12.9. The summed E-state index contributed by atoms with van der Waals surface area (Å²) in [5.74, 6) is -0.694. The van der Waals surface area contributed by atoms with E-state index in [-0.39, 0.29) is 33.0 Å². The number of anilines is 1. The fourth-order valence-corrected chi connectivity index (χ4v) is 2.58. The largest absolute Gasteiger partial charge is 0.478 e. The van der Waals surface area contributed by atoms with E-state index >= 15 is 0 Å². The van der Waals surface area contributed by atoms with Crippen LogP contribution in [-0.4, -0.2) is 42.2 Å². The van der Waals surface area contributed by atoms with Crippen LogP contribution in [0, 0.1) is 0 Å². The molecular weight excluding hydrogens is 325 g/mol. The van der Waals surface area contributed by atoms with Gasteiger partial charge in [-0.1, -0.05) is 23.2 Å². The second-order valence-electron chi connectivity index (χ2n) is 3.71. The van der Waals surface area contributed by atoms with Crippen LogP contribution in [0.25, 0.3) is 0 Å². The number of halogens is 2. The average molecular weight is 338 g/mol. The molecule has 0 aliphatic carbocycles. The van der Waals surface area contributed by atoms with Gasteiger partial charge in [0.25, 0.3) is 0 Å². The molecule has 0 fully saturated rings. The summed E-state index contributed by atoms with van der Waals surface area (Å²) in [7, 11) is 1.58. The van der Waals surface area contributed by atoms with Gasteiger partial charge in [-0.15, -0.1) is 11.8 Å². The number of methoxy groups -OCH3 is 1. The number of hydrogen-bond acceptors (Lipinski definition) is 4. The minimum atomic E-state index is -1.21. The van der Waals surface area contributed by atoms with Crippen LogP contribution in [0.5, 0.6) is 0 Å². The molecule has 8 heteroatoms. The lowest BCUT2D eigenvalue weighted by Crippen LogP contribution is -2.17. The molecule has 0 saturated heterocycles. The second kappa shape index (κ2) is 8.36. The normalized spacial score (nSPS) is 10.3. The minimum Gasteiger partial charge on any atom is -0.478 e. The number of benzene rings is 1. The van der Waals surface area contributed by atoms with Crippen molar-refractivity contribution < 1.29 is 19.4 Å². The monoisotopic (exact) mass is 337 g/mol. The smallest absolute Gasteiger partial charge is 0.337 e. The summed E-state index contributed by atoms with van der Waals surface area (Å²) in [6, 6.07) is 2.62. The first-order chi connectivity index (χ1) is 9.45. The zero-order chi connectivity index (χ0) is 15.1. The van der Waals surface area contributed by atoms with Crippen LogP contribution >= 0.6 is 35.0 Å². The summed E-state index contributed by atoms with van der Waals surface area (Å²) in [6.07, 6.45) is 0. The molecule has 1 amide bonds. The Bertz CT molecular complexity index is 510. The number of carbonyl (C=O) groups excluding carboxylic acids is 1. The summed E-state index contributed by atoms with van der Waals surface area (Å²) in [5.41, 5.74) is -0.0846. The average Bonchev–Trinajstić information content (AvgIpc) is 2.37. The van der Waals surface area contributed by atoms with Gasteiger partial charge in [0, 0.05) is 17.9 Å². The molecule has 0 aliphatic heterocycles. The van der Waals surface area contributed by atoms with E-state index in [0.29, 0.717) is 12.4 Å². The van der Waals surface area contributed by atoms with E-state index in [2.05, 4.69) is 5.32 Å². The van der Waals surface area contributed by atoms with Crippen LogP contribution in [-0.2, 0) is 9.53 Å². The molecule has 1 aromatic rings. The van der Waals surface area contributed by atoms with E-state index in [9.17, 15) is 9.59 Å². The summed E-state index contributed by atoms with van der Waals surface area (Å²) < 4.78 is 4.86. The number of aromatic carboxylic acids is 1. The molecule has 5 nitrogen and oxygen atoms in total. The van der Waals surface area contributed by atoms with Crippen molar-refractivity contribution in [1.29, 1.82) is 0 Å². The van der Waals surface area contributed by atoms with Crippen molar-refractivity contribution in [3.05, 3.63) is 27.7 Å². The quantitative estimate of drug-likeness (QED) is 0.748. The highest BCUT2D eigenvalue weighted by molar-refractivity contribution is 7.99. The lowest BCUT2D eigenvalue weighted by Gasteiger charge is -2.11. The summed E-state index contributed by atoms with van der Waals surface area (Å²) in [5, 5.41) is 11.9. The fourth-order valence-electron chi connectivity index (χ4n) is 1.35. The third kappa shape index (κ3) is 5.20. The highest BCUT2D eigenvalue weighted by Gasteiger charge is 2.17. The van der Waals surface area contributed by atoms with Gasteiger partial charge in [0.05, 0.1) is 28.6 Å². The SMILES string of the molecule is COCCSCC(=O)Nc1c(Cl)cc(Cl)cc1C(=O)O. The van der Waals surface area contributed by atoms with Gasteiger partial charge in [-0.2, -0.15) is 0 Å². The van der Waals surface area contributed by atoms with E-state index in [1.165, 1.54) is 23.9 Å². The van der Waals surface area contributed by atoms with Gasteiger partial charge in [0.2, 0.25) is 5.91 Å². The summed E-state index contributed by atoms with van der Waals surface area (Å²) in [4.78, 5) is 22.8. The number of hydrogen-bond donors (Lipinski definition) is 2.